The van der Waals surface area contributed by atoms with Crippen molar-refractivity contribution in [1.29, 1.82) is 0 Å². The molecule has 0 saturated carbocycles. The number of morpholine rings is 1. The first kappa shape index (κ1) is 34.3. The van der Waals surface area contributed by atoms with E-state index >= 15 is 0 Å². The molecule has 2 fully saturated rings. The number of ketones is 1. The van der Waals surface area contributed by atoms with Gasteiger partial charge in [0.25, 0.3) is 5.91 Å². The minimum Gasteiger partial charge on any atom is -0.378 e. The fourth-order valence-electron chi connectivity index (χ4n) is 5.71. The molecule has 7 nitrogen and oxygen atoms in total. The van der Waals surface area contributed by atoms with Crippen molar-refractivity contribution in [1.82, 2.24) is 10.2 Å². The van der Waals surface area contributed by atoms with E-state index in [1.165, 1.54) is 17.7 Å². The summed E-state index contributed by atoms with van der Waals surface area (Å²) in [6, 6.07) is 4.29. The van der Waals surface area contributed by atoms with Gasteiger partial charge in [-0.15, -0.1) is 0 Å². The Morgan fingerprint density at radius 1 is 1.09 bits per heavy atom. The van der Waals surface area contributed by atoms with E-state index in [0.29, 0.717) is 5.57 Å². The Labute approximate surface area is 259 Å². The van der Waals surface area contributed by atoms with Crippen LogP contribution in [0.25, 0.3) is 0 Å². The number of benzene rings is 1. The van der Waals surface area contributed by atoms with Crippen LogP contribution in [-0.4, -0.2) is 62.1 Å². The van der Waals surface area contributed by atoms with Crippen LogP contribution in [-0.2, 0) is 20.8 Å². The number of nitrogens with zero attached hydrogens (tertiary/aromatic N) is 2. The highest BCUT2D eigenvalue weighted by Crippen LogP contribution is 2.32. The number of rotatable bonds is 12. The first-order chi connectivity index (χ1) is 20.7. The summed E-state index contributed by atoms with van der Waals surface area (Å²) in [6.45, 7) is 23.4. The lowest BCUT2D eigenvalue weighted by Crippen LogP contribution is -2.37. The summed E-state index contributed by atoms with van der Waals surface area (Å²) >= 11 is 0. The molecule has 0 spiro atoms. The number of amides is 1. The van der Waals surface area contributed by atoms with Crippen LogP contribution in [0.4, 0.5) is 5.69 Å². The third kappa shape index (κ3) is 9.16. The number of hydrogen-bond donors (Lipinski definition) is 1. The lowest BCUT2D eigenvalue weighted by Gasteiger charge is -2.30. The lowest BCUT2D eigenvalue weighted by atomic mass is 9.91. The van der Waals surface area contributed by atoms with Crippen LogP contribution in [0.5, 0.6) is 0 Å². The van der Waals surface area contributed by atoms with Crippen molar-refractivity contribution in [2.75, 3.05) is 44.4 Å². The largest absolute Gasteiger partial charge is 0.378 e. The number of carbonyl (C=O) groups excluding carboxylic acids is 2. The van der Waals surface area contributed by atoms with Crippen molar-refractivity contribution in [3.05, 3.63) is 77.7 Å². The highest BCUT2D eigenvalue weighted by molar-refractivity contribution is 6.00. The Hall–Kier alpha value is -3.16. The van der Waals surface area contributed by atoms with Gasteiger partial charge in [0, 0.05) is 67.4 Å². The summed E-state index contributed by atoms with van der Waals surface area (Å²) in [6.07, 6.45) is 12.4. The van der Waals surface area contributed by atoms with E-state index in [2.05, 4.69) is 56.3 Å². The van der Waals surface area contributed by atoms with Crippen LogP contribution in [0, 0.1) is 18.8 Å². The second-order valence-electron chi connectivity index (χ2n) is 11.8. The third-order valence-electron chi connectivity index (χ3n) is 8.75. The quantitative estimate of drug-likeness (QED) is 0.215. The van der Waals surface area contributed by atoms with Gasteiger partial charge in [-0.25, -0.2) is 0 Å². The van der Waals surface area contributed by atoms with Gasteiger partial charge in [0.1, 0.15) is 0 Å². The summed E-state index contributed by atoms with van der Waals surface area (Å²) in [5.41, 5.74) is 6.11. The molecular weight excluding hydrogens is 538 g/mol. The summed E-state index contributed by atoms with van der Waals surface area (Å²) in [5.74, 6) is 0.633. The standard InChI is InChI=1S/C19H26N2O3.C17H27NO/c1-14-10-15-12-21(13-16-4-2-3-7-24-16)19(22)17(15)11-18(14)20-5-8-23-9-6-20;1-7-11-12-18-16(13(5)8-2)15(10-4)17(19)14(6)9-3/h10-11,16H,2-9,12-13H2,1H3;7,10-14,18H,1,4,8-9H2,2-3,5-6H3/b;12-11-,16-15+. The molecule has 0 aliphatic carbocycles. The maximum absolute atomic E-state index is 12.8. The predicted octanol–water partition coefficient (Wildman–Crippen LogP) is 6.73. The normalized spacial score (nSPS) is 20.5. The number of hydrogen-bond acceptors (Lipinski definition) is 6. The first-order valence-electron chi connectivity index (χ1n) is 16.1. The second kappa shape index (κ2) is 17.2. The average molecular weight is 592 g/mol. The minimum atomic E-state index is 0.0252. The van der Waals surface area contributed by atoms with Crippen molar-refractivity contribution in [3.63, 3.8) is 0 Å². The molecule has 0 aromatic heterocycles. The van der Waals surface area contributed by atoms with E-state index in [9.17, 15) is 9.59 Å². The third-order valence-corrected chi connectivity index (χ3v) is 8.75. The Balaban J connectivity index is 0.000000244. The van der Waals surface area contributed by atoms with Crippen LogP contribution in [0.15, 0.2) is 61.0 Å². The zero-order valence-corrected chi connectivity index (χ0v) is 27.1. The van der Waals surface area contributed by atoms with Crippen LogP contribution in [0.3, 0.4) is 0 Å². The molecule has 1 N–H and O–H groups in total. The molecule has 3 atom stereocenters. The number of nitrogens with one attached hydrogen (secondary N) is 1. The maximum atomic E-state index is 12.8. The Kier molecular flexibility index (Phi) is 13.7. The fraction of sp³-hybridized carbons (Fsp3) is 0.556. The zero-order chi connectivity index (χ0) is 31.4. The van der Waals surface area contributed by atoms with E-state index in [1.54, 1.807) is 12.2 Å². The predicted molar refractivity (Wildman–Crippen MR) is 176 cm³/mol. The first-order valence-corrected chi connectivity index (χ1v) is 16.1. The van der Waals surface area contributed by atoms with Crippen LogP contribution in [0.2, 0.25) is 0 Å². The van der Waals surface area contributed by atoms with E-state index in [4.69, 9.17) is 9.47 Å². The number of carbonyl (C=O) groups is 2. The number of anilines is 1. The number of fused-ring (bicyclic) bond motifs is 1. The summed E-state index contributed by atoms with van der Waals surface area (Å²) in [5, 5.41) is 3.22. The molecule has 3 aliphatic heterocycles. The molecule has 0 radical (unpaired) electrons. The van der Waals surface area contributed by atoms with Gasteiger partial charge in [-0.1, -0.05) is 59.1 Å². The highest BCUT2D eigenvalue weighted by atomic mass is 16.5. The maximum Gasteiger partial charge on any atom is 0.254 e. The van der Waals surface area contributed by atoms with Gasteiger partial charge in [0.2, 0.25) is 0 Å². The van der Waals surface area contributed by atoms with Gasteiger partial charge in [-0.3, -0.25) is 9.59 Å². The second-order valence-corrected chi connectivity index (χ2v) is 11.8. The smallest absolute Gasteiger partial charge is 0.254 e. The molecule has 3 unspecified atom stereocenters. The molecule has 7 heteroatoms. The van der Waals surface area contributed by atoms with Gasteiger partial charge in [0.05, 0.1) is 19.3 Å². The van der Waals surface area contributed by atoms with Gasteiger partial charge in [0.15, 0.2) is 5.78 Å². The van der Waals surface area contributed by atoms with Crippen molar-refractivity contribution in [3.8, 4) is 0 Å². The Morgan fingerprint density at radius 3 is 2.42 bits per heavy atom. The van der Waals surface area contributed by atoms with E-state index < -0.39 is 0 Å². The monoisotopic (exact) mass is 591 g/mol. The average Bonchev–Trinajstić information content (AvgIpc) is 3.33. The molecule has 3 aliphatic rings. The van der Waals surface area contributed by atoms with Crippen LogP contribution < -0.4 is 10.2 Å². The number of Topliss-reactive ketones (excluding diaryl/α,β-unsaturated/α-hetero) is 1. The summed E-state index contributed by atoms with van der Waals surface area (Å²) in [7, 11) is 0. The lowest BCUT2D eigenvalue weighted by molar-refractivity contribution is -0.118. The Morgan fingerprint density at radius 2 is 1.81 bits per heavy atom. The minimum absolute atomic E-state index is 0.0252. The summed E-state index contributed by atoms with van der Waals surface area (Å²) in [4.78, 5) is 29.5. The van der Waals surface area contributed by atoms with E-state index in [0.717, 1.165) is 88.5 Å². The molecule has 2 saturated heterocycles. The van der Waals surface area contributed by atoms with E-state index in [-0.39, 0.29) is 29.6 Å². The van der Waals surface area contributed by atoms with Crippen molar-refractivity contribution in [2.24, 2.45) is 11.8 Å². The molecule has 1 aromatic rings. The molecular formula is C36H53N3O4. The molecule has 43 heavy (non-hydrogen) atoms. The van der Waals surface area contributed by atoms with Gasteiger partial charge in [-0.05, 0) is 68.2 Å². The van der Waals surface area contributed by atoms with Crippen molar-refractivity contribution < 1.29 is 19.1 Å². The number of ether oxygens (including phenoxy) is 2. The van der Waals surface area contributed by atoms with Gasteiger partial charge < -0.3 is 24.6 Å². The van der Waals surface area contributed by atoms with Crippen molar-refractivity contribution in [2.45, 2.75) is 79.4 Å². The number of allylic oxidation sites excluding steroid dienone is 5. The van der Waals surface area contributed by atoms with Crippen LogP contribution >= 0.6 is 0 Å². The molecule has 3 heterocycles. The Bertz CT molecular complexity index is 1180. The fourth-order valence-corrected chi connectivity index (χ4v) is 5.71. The van der Waals surface area contributed by atoms with Crippen molar-refractivity contribution >= 4 is 17.4 Å². The van der Waals surface area contributed by atoms with Gasteiger partial charge in [-0.2, -0.15) is 0 Å². The SMILES string of the molecule is C=C/C=C\N/C(=C(\C=C)C(=O)C(C)CC)C(C)CC.Cc1cc2c(cc1N1CCOCC1)C(=O)N(CC1CCCCO1)C2. The highest BCUT2D eigenvalue weighted by Gasteiger charge is 2.31. The van der Waals surface area contributed by atoms with Gasteiger partial charge >= 0.3 is 0 Å². The topological polar surface area (TPSA) is 71.1 Å². The number of aryl methyl sites for hydroxylation is 1. The van der Waals surface area contributed by atoms with Crippen LogP contribution in [0.1, 0.15) is 81.3 Å². The van der Waals surface area contributed by atoms with E-state index in [1.807, 2.05) is 31.0 Å². The summed E-state index contributed by atoms with van der Waals surface area (Å²) < 4.78 is 11.3. The molecule has 236 valence electrons. The molecule has 4 rings (SSSR count). The molecule has 1 aromatic carbocycles. The molecule has 1 amide bonds. The zero-order valence-electron chi connectivity index (χ0n) is 27.1. The molecule has 0 bridgehead atoms.